The smallest absolute Gasteiger partial charge is 0.435 e. The molecule has 0 atom stereocenters. The summed E-state index contributed by atoms with van der Waals surface area (Å²) in [6, 6.07) is 6.81. The number of alkyl halides is 3. The van der Waals surface area contributed by atoms with Gasteiger partial charge in [0.2, 0.25) is 0 Å². The van der Waals surface area contributed by atoms with Crippen molar-refractivity contribution in [3.8, 4) is 0 Å². The van der Waals surface area contributed by atoms with Crippen LogP contribution in [0.25, 0.3) is 0 Å². The molecule has 2 heterocycles. The largest absolute Gasteiger partial charge is 0.465 e. The third kappa shape index (κ3) is 3.08. The van der Waals surface area contributed by atoms with Crippen molar-refractivity contribution in [2.75, 3.05) is 18.6 Å². The zero-order valence-corrected chi connectivity index (χ0v) is 13.0. The van der Waals surface area contributed by atoms with Crippen molar-refractivity contribution in [3.05, 3.63) is 46.6 Å². The number of nitrogens with one attached hydrogen (secondary N) is 1. The van der Waals surface area contributed by atoms with Gasteiger partial charge in [0.1, 0.15) is 5.82 Å². The van der Waals surface area contributed by atoms with Crippen LogP contribution in [-0.4, -0.2) is 29.8 Å². The third-order valence-electron chi connectivity index (χ3n) is 4.03. The van der Waals surface area contributed by atoms with E-state index in [2.05, 4.69) is 14.9 Å². The number of esters is 1. The van der Waals surface area contributed by atoms with Gasteiger partial charge in [-0.15, -0.1) is 0 Å². The lowest BCUT2D eigenvalue weighted by Gasteiger charge is -2.28. The lowest BCUT2D eigenvalue weighted by Crippen LogP contribution is -2.29. The van der Waals surface area contributed by atoms with Gasteiger partial charge < -0.3 is 9.64 Å². The van der Waals surface area contributed by atoms with E-state index in [9.17, 15) is 18.0 Å². The summed E-state index contributed by atoms with van der Waals surface area (Å²) in [5, 5.41) is 5.98. The first-order valence-electron chi connectivity index (χ1n) is 7.47. The number of benzene rings is 1. The Morgan fingerprint density at radius 3 is 2.67 bits per heavy atom. The Morgan fingerprint density at radius 1 is 1.33 bits per heavy atom. The van der Waals surface area contributed by atoms with Crippen molar-refractivity contribution in [1.29, 1.82) is 0 Å². The number of halogens is 3. The Labute approximate surface area is 136 Å². The molecule has 0 saturated heterocycles. The zero-order chi connectivity index (χ0) is 17.3. The van der Waals surface area contributed by atoms with E-state index in [-0.39, 0.29) is 5.56 Å². The highest BCUT2D eigenvalue weighted by Gasteiger charge is 2.39. The Morgan fingerprint density at radius 2 is 2.04 bits per heavy atom. The maximum absolute atomic E-state index is 13.0. The molecule has 0 unspecified atom stereocenters. The van der Waals surface area contributed by atoms with Gasteiger partial charge in [-0.3, -0.25) is 5.10 Å². The normalized spacial score (nSPS) is 14.4. The van der Waals surface area contributed by atoms with E-state index in [0.717, 1.165) is 5.56 Å². The molecule has 0 spiro atoms. The summed E-state index contributed by atoms with van der Waals surface area (Å²) >= 11 is 0. The van der Waals surface area contributed by atoms with Crippen LogP contribution in [0.2, 0.25) is 0 Å². The summed E-state index contributed by atoms with van der Waals surface area (Å²) in [5.41, 5.74) is 0.711. The third-order valence-corrected chi connectivity index (χ3v) is 4.03. The molecule has 128 valence electrons. The molecular formula is C16H16F3N3O2. The first kappa shape index (κ1) is 16.4. The molecule has 0 bridgehead atoms. The molecule has 0 fully saturated rings. The predicted octanol–water partition coefficient (Wildman–Crippen LogP) is 3.17. The molecule has 1 aromatic heterocycles. The van der Waals surface area contributed by atoms with E-state index in [1.807, 2.05) is 4.90 Å². The minimum absolute atomic E-state index is 0.222. The monoisotopic (exact) mass is 339 g/mol. The lowest BCUT2D eigenvalue weighted by atomic mass is 10.0. The highest BCUT2D eigenvalue weighted by Crippen LogP contribution is 2.37. The number of methoxy groups -OCH3 is 1. The van der Waals surface area contributed by atoms with Crippen LogP contribution in [0.15, 0.2) is 24.3 Å². The number of carbonyl (C=O) groups is 1. The fraction of sp³-hybridized carbons (Fsp3) is 0.375. The molecular weight excluding hydrogens is 323 g/mol. The molecule has 1 aliphatic rings. The van der Waals surface area contributed by atoms with Crippen LogP contribution in [0.5, 0.6) is 0 Å². The highest BCUT2D eigenvalue weighted by atomic mass is 19.4. The highest BCUT2D eigenvalue weighted by molar-refractivity contribution is 5.89. The number of aromatic nitrogens is 2. The molecule has 24 heavy (non-hydrogen) atoms. The van der Waals surface area contributed by atoms with Crippen molar-refractivity contribution in [3.63, 3.8) is 0 Å². The van der Waals surface area contributed by atoms with E-state index >= 15 is 0 Å². The summed E-state index contributed by atoms with van der Waals surface area (Å²) in [7, 11) is 1.31. The van der Waals surface area contributed by atoms with E-state index in [0.29, 0.717) is 37.3 Å². The number of ether oxygens (including phenoxy) is 1. The van der Waals surface area contributed by atoms with E-state index in [4.69, 9.17) is 0 Å². The molecule has 0 radical (unpaired) electrons. The van der Waals surface area contributed by atoms with Crippen molar-refractivity contribution in [2.24, 2.45) is 0 Å². The SMILES string of the molecule is COC(=O)c1ccc(CN2CCCc3c(C(F)(F)F)n[nH]c32)cc1. The van der Waals surface area contributed by atoms with E-state index < -0.39 is 17.8 Å². The van der Waals surface area contributed by atoms with Gasteiger partial charge in [0.15, 0.2) is 5.69 Å². The quantitative estimate of drug-likeness (QED) is 0.873. The van der Waals surface area contributed by atoms with E-state index in [1.54, 1.807) is 24.3 Å². The fourth-order valence-electron chi connectivity index (χ4n) is 2.89. The first-order valence-corrected chi connectivity index (χ1v) is 7.47. The van der Waals surface area contributed by atoms with Crippen molar-refractivity contribution in [2.45, 2.75) is 25.6 Å². The number of rotatable bonds is 3. The van der Waals surface area contributed by atoms with Gasteiger partial charge >= 0.3 is 12.1 Å². The van der Waals surface area contributed by atoms with Crippen LogP contribution in [0, 0.1) is 0 Å². The minimum Gasteiger partial charge on any atom is -0.465 e. The number of anilines is 1. The standard InChI is InChI=1S/C16H16F3N3O2/c1-24-15(23)11-6-4-10(5-7-11)9-22-8-2-3-12-13(16(17,18)19)20-21-14(12)22/h4-7H,2-3,8-9H2,1H3,(H,20,21). The van der Waals surface area contributed by atoms with Gasteiger partial charge in [0.25, 0.3) is 0 Å². The van der Waals surface area contributed by atoms with Crippen molar-refractivity contribution < 1.29 is 22.7 Å². The molecule has 1 aromatic carbocycles. The van der Waals surface area contributed by atoms with Gasteiger partial charge in [0.05, 0.1) is 12.7 Å². The Hall–Kier alpha value is -2.51. The summed E-state index contributed by atoms with van der Waals surface area (Å²) in [6.07, 6.45) is -3.45. The number of aromatic amines is 1. The molecule has 1 aliphatic heterocycles. The van der Waals surface area contributed by atoms with Gasteiger partial charge in [-0.1, -0.05) is 12.1 Å². The van der Waals surface area contributed by atoms with Gasteiger partial charge in [-0.2, -0.15) is 18.3 Å². The molecule has 5 nitrogen and oxygen atoms in total. The minimum atomic E-state index is -4.45. The van der Waals surface area contributed by atoms with Crippen LogP contribution in [0.4, 0.5) is 19.0 Å². The number of hydrogen-bond acceptors (Lipinski definition) is 4. The summed E-state index contributed by atoms with van der Waals surface area (Å²) in [4.78, 5) is 13.3. The summed E-state index contributed by atoms with van der Waals surface area (Å²) in [5.74, 6) is -0.00387. The molecule has 3 rings (SSSR count). The van der Waals surface area contributed by atoms with Crippen LogP contribution >= 0.6 is 0 Å². The molecule has 1 N–H and O–H groups in total. The second-order valence-corrected chi connectivity index (χ2v) is 5.61. The zero-order valence-electron chi connectivity index (χ0n) is 13.0. The number of nitrogens with zero attached hydrogens (tertiary/aromatic N) is 2. The van der Waals surface area contributed by atoms with Crippen LogP contribution in [-0.2, 0) is 23.9 Å². The average molecular weight is 339 g/mol. The predicted molar refractivity (Wildman–Crippen MR) is 80.7 cm³/mol. The van der Waals surface area contributed by atoms with Gasteiger partial charge in [-0.25, -0.2) is 4.79 Å². The maximum Gasteiger partial charge on any atom is 0.435 e. The topological polar surface area (TPSA) is 58.2 Å². The summed E-state index contributed by atoms with van der Waals surface area (Å²) in [6.45, 7) is 1.08. The van der Waals surface area contributed by atoms with Crippen molar-refractivity contribution in [1.82, 2.24) is 10.2 Å². The fourth-order valence-corrected chi connectivity index (χ4v) is 2.89. The first-order chi connectivity index (χ1) is 11.4. The molecule has 8 heteroatoms. The summed E-state index contributed by atoms with van der Waals surface area (Å²) < 4.78 is 43.6. The van der Waals surface area contributed by atoms with E-state index in [1.165, 1.54) is 7.11 Å². The van der Waals surface area contributed by atoms with Crippen molar-refractivity contribution >= 4 is 11.8 Å². The second-order valence-electron chi connectivity index (χ2n) is 5.61. The molecule has 2 aromatic rings. The van der Waals surface area contributed by atoms with Crippen LogP contribution in [0.1, 0.15) is 33.6 Å². The van der Waals surface area contributed by atoms with Crippen LogP contribution < -0.4 is 4.90 Å². The Bertz CT molecular complexity index is 738. The number of carbonyl (C=O) groups excluding carboxylic acids is 1. The molecule has 0 saturated carbocycles. The number of fused-ring (bicyclic) bond motifs is 1. The average Bonchev–Trinajstić information content (AvgIpc) is 3.00. The van der Waals surface area contributed by atoms with Gasteiger partial charge in [0, 0.05) is 18.7 Å². The number of hydrogen-bond donors (Lipinski definition) is 1. The van der Waals surface area contributed by atoms with Gasteiger partial charge in [-0.05, 0) is 30.5 Å². The Kier molecular flexibility index (Phi) is 4.21. The maximum atomic E-state index is 13.0. The molecule has 0 amide bonds. The number of H-pyrrole nitrogens is 1. The van der Waals surface area contributed by atoms with Crippen LogP contribution in [0.3, 0.4) is 0 Å². The molecule has 0 aliphatic carbocycles. The lowest BCUT2D eigenvalue weighted by molar-refractivity contribution is -0.141. The Balaban J connectivity index is 1.81. The second kappa shape index (κ2) is 6.18.